The summed E-state index contributed by atoms with van der Waals surface area (Å²) in [5.41, 5.74) is 8.17. The molecule has 0 unspecified atom stereocenters. The molecule has 3 N–H and O–H groups in total. The average Bonchev–Trinajstić information content (AvgIpc) is 3.53. The van der Waals surface area contributed by atoms with Crippen LogP contribution in [0, 0.1) is 0 Å². The summed E-state index contributed by atoms with van der Waals surface area (Å²) in [7, 11) is 1.79. The number of anilines is 2. The molecule has 0 radical (unpaired) electrons. The van der Waals surface area contributed by atoms with Gasteiger partial charge in [-0.25, -0.2) is 9.97 Å². The van der Waals surface area contributed by atoms with E-state index in [0.29, 0.717) is 45.5 Å². The lowest BCUT2D eigenvalue weighted by Gasteiger charge is -2.15. The average molecular weight is 533 g/mol. The number of thiazole rings is 1. The van der Waals surface area contributed by atoms with Crippen LogP contribution in [0.15, 0.2) is 36.4 Å². The normalized spacial score (nSPS) is 16.0. The first kappa shape index (κ1) is 25.0. The SMILES string of the molecule is Cn1c(Nc2nc3ccc(OC(F)(F)F)cc3s2)nc2cc(C(=O)CCC(=O)N3CC[C@H](N)C3)ccc21. The lowest BCUT2D eigenvalue weighted by Crippen LogP contribution is -2.32. The van der Waals surface area contributed by atoms with Gasteiger partial charge in [0.15, 0.2) is 10.9 Å². The molecule has 1 saturated heterocycles. The van der Waals surface area contributed by atoms with Crippen LogP contribution in [0.1, 0.15) is 29.6 Å². The third kappa shape index (κ3) is 5.52. The highest BCUT2D eigenvalue weighted by Gasteiger charge is 2.31. The minimum absolute atomic E-state index is 0.00217. The maximum Gasteiger partial charge on any atom is 0.573 e. The first-order valence-corrected chi connectivity index (χ1v) is 12.3. The summed E-state index contributed by atoms with van der Waals surface area (Å²) >= 11 is 1.16. The number of Topliss-reactive ketones (excluding diaryl/α,β-unsaturated/α-hetero) is 1. The van der Waals surface area contributed by atoms with Crippen molar-refractivity contribution in [1.29, 1.82) is 0 Å². The lowest BCUT2D eigenvalue weighted by atomic mass is 10.1. The quantitative estimate of drug-likeness (QED) is 0.340. The molecule has 0 spiro atoms. The van der Waals surface area contributed by atoms with Crippen LogP contribution in [0.25, 0.3) is 21.3 Å². The fraction of sp³-hybridized carbons (Fsp3) is 0.333. The number of halogens is 3. The second-order valence-electron chi connectivity index (χ2n) is 8.83. The molecule has 13 heteroatoms. The maximum atomic E-state index is 12.7. The van der Waals surface area contributed by atoms with E-state index >= 15 is 0 Å². The molecule has 4 aromatic rings. The van der Waals surface area contributed by atoms with E-state index in [1.165, 1.54) is 18.2 Å². The Balaban J connectivity index is 1.29. The minimum Gasteiger partial charge on any atom is -0.406 e. The standard InChI is InChI=1S/C24H23F3N6O3S/c1-32-18-5-2-13(19(34)6-7-21(35)33-9-8-14(28)12-33)10-17(18)29-22(32)31-23-30-16-4-3-15(11-20(16)37-23)36-24(25,26)27/h2-5,10-11,14H,6-9,12,28H2,1H3,(H,29,30,31)/t14-/m0/s1. The van der Waals surface area contributed by atoms with E-state index < -0.39 is 6.36 Å². The highest BCUT2D eigenvalue weighted by molar-refractivity contribution is 7.22. The van der Waals surface area contributed by atoms with Crippen LogP contribution in [-0.4, -0.2) is 56.6 Å². The van der Waals surface area contributed by atoms with Crippen molar-refractivity contribution in [2.45, 2.75) is 31.7 Å². The number of ketones is 1. The molecule has 1 fully saturated rings. The first-order valence-electron chi connectivity index (χ1n) is 11.5. The molecule has 9 nitrogen and oxygen atoms in total. The number of fused-ring (bicyclic) bond motifs is 2. The molecule has 1 aliphatic heterocycles. The summed E-state index contributed by atoms with van der Waals surface area (Å²) in [6.45, 7) is 1.15. The minimum atomic E-state index is -4.77. The molecule has 2 aromatic heterocycles. The summed E-state index contributed by atoms with van der Waals surface area (Å²) in [5, 5.41) is 3.53. The molecule has 194 valence electrons. The number of hydrogen-bond donors (Lipinski definition) is 2. The third-order valence-electron chi connectivity index (χ3n) is 6.16. The third-order valence-corrected chi connectivity index (χ3v) is 7.09. The zero-order valence-electron chi connectivity index (χ0n) is 19.7. The fourth-order valence-corrected chi connectivity index (χ4v) is 5.16. The number of imidazole rings is 1. The van der Waals surface area contributed by atoms with Gasteiger partial charge in [-0.1, -0.05) is 11.3 Å². The number of nitrogens with one attached hydrogen (secondary N) is 1. The maximum absolute atomic E-state index is 12.7. The number of amides is 1. The van der Waals surface area contributed by atoms with Crippen molar-refractivity contribution in [2.75, 3.05) is 18.4 Å². The number of ether oxygens (including phenoxy) is 1. The van der Waals surface area contributed by atoms with Crippen molar-refractivity contribution in [1.82, 2.24) is 19.4 Å². The Kier molecular flexibility index (Phi) is 6.50. The van der Waals surface area contributed by atoms with Gasteiger partial charge >= 0.3 is 6.36 Å². The Morgan fingerprint density at radius 2 is 1.97 bits per heavy atom. The van der Waals surface area contributed by atoms with Gasteiger partial charge in [-0.15, -0.1) is 13.2 Å². The van der Waals surface area contributed by atoms with Crippen LogP contribution in [0.4, 0.5) is 24.3 Å². The molecule has 0 bridgehead atoms. The zero-order valence-corrected chi connectivity index (χ0v) is 20.5. The van der Waals surface area contributed by atoms with Gasteiger partial charge in [0.1, 0.15) is 5.75 Å². The number of likely N-dealkylation sites (tertiary alicyclic amines) is 1. The van der Waals surface area contributed by atoms with Gasteiger partial charge in [-0.05, 0) is 36.8 Å². The number of benzene rings is 2. The summed E-state index contributed by atoms with van der Waals surface area (Å²) in [4.78, 5) is 35.7. The molecule has 1 atom stereocenters. The van der Waals surface area contributed by atoms with Gasteiger partial charge in [-0.3, -0.25) is 9.59 Å². The monoisotopic (exact) mass is 532 g/mol. The summed E-state index contributed by atoms with van der Waals surface area (Å²) < 4.78 is 43.8. The Morgan fingerprint density at radius 3 is 2.70 bits per heavy atom. The van der Waals surface area contributed by atoms with Crippen molar-refractivity contribution < 1.29 is 27.5 Å². The van der Waals surface area contributed by atoms with Crippen LogP contribution >= 0.6 is 11.3 Å². The molecular weight excluding hydrogens is 509 g/mol. The van der Waals surface area contributed by atoms with Crippen LogP contribution in [0.2, 0.25) is 0 Å². The number of nitrogens with two attached hydrogens (primary N) is 1. The predicted octanol–water partition coefficient (Wildman–Crippen LogP) is 4.35. The Bertz CT molecular complexity index is 1500. The van der Waals surface area contributed by atoms with E-state index in [-0.39, 0.29) is 36.3 Å². The van der Waals surface area contributed by atoms with Crippen LogP contribution < -0.4 is 15.8 Å². The van der Waals surface area contributed by atoms with Gasteiger partial charge in [-0.2, -0.15) is 0 Å². The number of aromatic nitrogens is 3. The number of hydrogen-bond acceptors (Lipinski definition) is 8. The molecule has 5 rings (SSSR count). The second-order valence-corrected chi connectivity index (χ2v) is 9.86. The molecular formula is C24H23F3N6O3S. The van der Waals surface area contributed by atoms with Crippen molar-refractivity contribution in [3.63, 3.8) is 0 Å². The summed E-state index contributed by atoms with van der Waals surface area (Å²) in [5.74, 6) is -0.0895. The van der Waals surface area contributed by atoms with Crippen LogP contribution in [-0.2, 0) is 11.8 Å². The molecule has 2 aromatic carbocycles. The number of carbonyl (C=O) groups is 2. The zero-order chi connectivity index (χ0) is 26.3. The van der Waals surface area contributed by atoms with Gasteiger partial charge in [0.05, 0.1) is 21.3 Å². The Labute approximate surface area is 213 Å². The molecule has 3 heterocycles. The molecule has 0 saturated carbocycles. The number of rotatable bonds is 7. The van der Waals surface area contributed by atoms with Gasteiger partial charge in [0.2, 0.25) is 11.9 Å². The molecule has 0 aliphatic carbocycles. The highest BCUT2D eigenvalue weighted by atomic mass is 32.1. The summed E-state index contributed by atoms with van der Waals surface area (Å²) in [6, 6.07) is 9.10. The van der Waals surface area contributed by atoms with Crippen molar-refractivity contribution in [3.05, 3.63) is 42.0 Å². The molecule has 37 heavy (non-hydrogen) atoms. The predicted molar refractivity (Wildman–Crippen MR) is 133 cm³/mol. The lowest BCUT2D eigenvalue weighted by molar-refractivity contribution is -0.274. The second kappa shape index (κ2) is 9.63. The van der Waals surface area contributed by atoms with E-state index in [4.69, 9.17) is 5.73 Å². The van der Waals surface area contributed by atoms with Crippen molar-refractivity contribution in [2.24, 2.45) is 12.8 Å². The fourth-order valence-electron chi connectivity index (χ4n) is 4.27. The number of aryl methyl sites for hydroxylation is 1. The smallest absolute Gasteiger partial charge is 0.406 e. The van der Waals surface area contributed by atoms with Crippen molar-refractivity contribution >= 4 is 55.4 Å². The van der Waals surface area contributed by atoms with Crippen LogP contribution in [0.3, 0.4) is 0 Å². The Morgan fingerprint density at radius 1 is 1.16 bits per heavy atom. The number of alkyl halides is 3. The van der Waals surface area contributed by atoms with Crippen molar-refractivity contribution in [3.8, 4) is 5.75 Å². The highest BCUT2D eigenvalue weighted by Crippen LogP contribution is 2.33. The van der Waals surface area contributed by atoms with Crippen LogP contribution in [0.5, 0.6) is 5.75 Å². The van der Waals surface area contributed by atoms with E-state index in [2.05, 4.69) is 20.0 Å². The Hall–Kier alpha value is -3.71. The van der Waals surface area contributed by atoms with E-state index in [9.17, 15) is 22.8 Å². The summed E-state index contributed by atoms with van der Waals surface area (Å²) in [6.07, 6.45) is -3.77. The number of carbonyl (C=O) groups excluding carboxylic acids is 2. The molecule has 1 amide bonds. The van der Waals surface area contributed by atoms with E-state index in [1.54, 1.807) is 34.7 Å². The van der Waals surface area contributed by atoms with Gasteiger partial charge < -0.3 is 25.3 Å². The van der Waals surface area contributed by atoms with E-state index in [0.717, 1.165) is 23.3 Å². The van der Waals surface area contributed by atoms with Gasteiger partial charge in [0, 0.05) is 50.7 Å². The topological polar surface area (TPSA) is 115 Å². The number of nitrogens with zero attached hydrogens (tertiary/aromatic N) is 4. The largest absolute Gasteiger partial charge is 0.573 e. The van der Waals surface area contributed by atoms with Gasteiger partial charge in [0.25, 0.3) is 0 Å². The first-order chi connectivity index (χ1) is 17.6. The van der Waals surface area contributed by atoms with E-state index in [1.807, 2.05) is 0 Å². The molecule has 1 aliphatic rings.